The van der Waals surface area contributed by atoms with Crippen LogP contribution >= 0.6 is 7.60 Å². The molecular weight excluding hydrogens is 395 g/mol. The van der Waals surface area contributed by atoms with E-state index in [-0.39, 0.29) is 19.3 Å². The van der Waals surface area contributed by atoms with Crippen LogP contribution in [0.25, 0.3) is 10.9 Å². The fraction of sp³-hybridized carbons (Fsp3) is 0.526. The number of anilines is 1. The van der Waals surface area contributed by atoms with Crippen molar-refractivity contribution >= 4 is 30.0 Å². The zero-order valence-electron chi connectivity index (χ0n) is 17.0. The van der Waals surface area contributed by atoms with E-state index in [4.69, 9.17) is 13.8 Å². The summed E-state index contributed by atoms with van der Waals surface area (Å²) in [7, 11) is -2.17. The van der Waals surface area contributed by atoms with E-state index in [1.54, 1.807) is 21.0 Å². The molecule has 9 nitrogen and oxygen atoms in total. The number of nitrogens with one attached hydrogen (secondary N) is 1. The molecule has 1 saturated heterocycles. The maximum absolute atomic E-state index is 12.6. The molecule has 29 heavy (non-hydrogen) atoms. The molecule has 0 bridgehead atoms. The van der Waals surface area contributed by atoms with Crippen molar-refractivity contribution in [1.29, 1.82) is 0 Å². The van der Waals surface area contributed by atoms with E-state index >= 15 is 0 Å². The van der Waals surface area contributed by atoms with Crippen molar-refractivity contribution in [3.8, 4) is 5.75 Å². The number of benzene rings is 1. The van der Waals surface area contributed by atoms with Gasteiger partial charge in [-0.2, -0.15) is 0 Å². The van der Waals surface area contributed by atoms with Crippen LogP contribution in [-0.2, 0) is 13.6 Å². The highest BCUT2D eigenvalue weighted by atomic mass is 31.2. The molecule has 1 N–H and O–H groups in total. The van der Waals surface area contributed by atoms with Gasteiger partial charge < -0.3 is 24.0 Å². The first kappa shape index (κ1) is 21.5. The van der Waals surface area contributed by atoms with E-state index in [1.807, 2.05) is 18.2 Å². The minimum Gasteiger partial charge on any atom is -0.494 e. The minimum atomic E-state index is -3.79. The molecule has 0 spiro atoms. The number of hydrogen-bond acceptors (Lipinski definition) is 8. The van der Waals surface area contributed by atoms with Gasteiger partial charge in [-0.3, -0.25) is 4.79 Å². The van der Waals surface area contributed by atoms with E-state index in [1.165, 1.54) is 6.33 Å². The summed E-state index contributed by atoms with van der Waals surface area (Å²) in [4.78, 5) is 23.4. The Bertz CT molecular complexity index is 891. The van der Waals surface area contributed by atoms with Gasteiger partial charge in [0.25, 0.3) is 0 Å². The van der Waals surface area contributed by atoms with Crippen LogP contribution in [0.3, 0.4) is 0 Å². The Morgan fingerprint density at radius 2 is 1.90 bits per heavy atom. The number of methoxy groups -OCH3 is 1. The Labute approximate surface area is 170 Å². The lowest BCUT2D eigenvalue weighted by molar-refractivity contribution is 0.204. The van der Waals surface area contributed by atoms with Crippen molar-refractivity contribution in [3.05, 3.63) is 24.5 Å². The van der Waals surface area contributed by atoms with Crippen molar-refractivity contribution in [2.75, 3.05) is 38.3 Å². The zero-order valence-corrected chi connectivity index (χ0v) is 17.9. The number of carbonyl (C=O) groups excluding carboxylic acids is 1. The average molecular weight is 422 g/mol. The Balaban J connectivity index is 1.68. The summed E-state index contributed by atoms with van der Waals surface area (Å²) in [6.07, 6.45) is 2.92. The molecule has 2 heterocycles. The zero-order chi connectivity index (χ0) is 20.9. The third kappa shape index (κ3) is 4.69. The predicted molar refractivity (Wildman–Crippen MR) is 111 cm³/mol. The molecule has 0 aliphatic carbocycles. The summed E-state index contributed by atoms with van der Waals surface area (Å²) >= 11 is 0. The maximum atomic E-state index is 12.6. The number of para-hydroxylation sites is 1. The number of amides is 1. The Morgan fingerprint density at radius 1 is 1.21 bits per heavy atom. The molecule has 1 aromatic carbocycles. The van der Waals surface area contributed by atoms with E-state index < -0.39 is 13.2 Å². The molecule has 2 aromatic rings. The molecule has 1 aliphatic rings. The molecule has 0 unspecified atom stereocenters. The first-order valence-corrected chi connectivity index (χ1v) is 11.3. The SMILES string of the molecule is CCOP(=O)(OCC)C(=O)NC1CCN(c2ncnc3c(OC)cccc23)CC1. The van der Waals surface area contributed by atoms with Gasteiger partial charge in [-0.15, -0.1) is 0 Å². The Kier molecular flexibility index (Phi) is 7.05. The number of nitrogens with zero attached hydrogens (tertiary/aromatic N) is 3. The number of piperidine rings is 1. The Morgan fingerprint density at radius 3 is 2.52 bits per heavy atom. The molecule has 1 aliphatic heterocycles. The van der Waals surface area contributed by atoms with Crippen molar-refractivity contribution in [3.63, 3.8) is 0 Å². The molecule has 1 amide bonds. The second kappa shape index (κ2) is 9.52. The number of aromatic nitrogens is 2. The molecule has 10 heteroatoms. The van der Waals surface area contributed by atoms with Crippen molar-refractivity contribution in [2.24, 2.45) is 0 Å². The molecule has 0 radical (unpaired) electrons. The lowest BCUT2D eigenvalue weighted by atomic mass is 10.0. The molecule has 3 rings (SSSR count). The number of fused-ring (bicyclic) bond motifs is 1. The largest absolute Gasteiger partial charge is 0.494 e. The second-order valence-electron chi connectivity index (χ2n) is 6.60. The fourth-order valence-electron chi connectivity index (χ4n) is 3.45. The van der Waals surface area contributed by atoms with Crippen LogP contribution in [-0.4, -0.2) is 55.1 Å². The van der Waals surface area contributed by atoms with Crippen molar-refractivity contribution in [1.82, 2.24) is 15.3 Å². The monoisotopic (exact) mass is 422 g/mol. The van der Waals surface area contributed by atoms with Gasteiger partial charge in [0.2, 0.25) is 0 Å². The lowest BCUT2D eigenvalue weighted by Crippen LogP contribution is -2.44. The third-order valence-corrected chi connectivity index (χ3v) is 6.62. The second-order valence-corrected chi connectivity index (χ2v) is 8.52. The molecule has 1 aromatic heterocycles. The number of carbonyl (C=O) groups is 1. The van der Waals surface area contributed by atoms with Crippen LogP contribution in [0.5, 0.6) is 5.75 Å². The third-order valence-electron chi connectivity index (χ3n) is 4.80. The lowest BCUT2D eigenvalue weighted by Gasteiger charge is -2.34. The van der Waals surface area contributed by atoms with Crippen LogP contribution in [0.1, 0.15) is 26.7 Å². The van der Waals surface area contributed by atoms with Gasteiger partial charge in [-0.05, 0) is 38.8 Å². The van der Waals surface area contributed by atoms with Gasteiger partial charge in [0.05, 0.1) is 20.3 Å². The van der Waals surface area contributed by atoms with E-state index in [2.05, 4.69) is 20.2 Å². The summed E-state index contributed by atoms with van der Waals surface area (Å²) in [6.45, 7) is 5.04. The van der Waals surface area contributed by atoms with Gasteiger partial charge in [0.15, 0.2) is 0 Å². The number of hydrogen-bond donors (Lipinski definition) is 1. The molecule has 158 valence electrons. The van der Waals surface area contributed by atoms with Gasteiger partial charge in [0.1, 0.15) is 23.4 Å². The highest BCUT2D eigenvalue weighted by Crippen LogP contribution is 2.48. The van der Waals surface area contributed by atoms with Crippen LogP contribution in [0, 0.1) is 0 Å². The molecule has 1 fully saturated rings. The fourth-order valence-corrected chi connectivity index (χ4v) is 4.78. The first-order valence-electron chi connectivity index (χ1n) is 9.75. The average Bonchev–Trinajstić information content (AvgIpc) is 2.73. The van der Waals surface area contributed by atoms with Crippen LogP contribution < -0.4 is 15.0 Å². The summed E-state index contributed by atoms with van der Waals surface area (Å²) in [6, 6.07) is 5.66. The van der Waals surface area contributed by atoms with E-state index in [0.29, 0.717) is 31.7 Å². The summed E-state index contributed by atoms with van der Waals surface area (Å²) < 4.78 is 28.2. The summed E-state index contributed by atoms with van der Waals surface area (Å²) in [5.41, 5.74) is 0.0988. The topological polar surface area (TPSA) is 103 Å². The van der Waals surface area contributed by atoms with Crippen LogP contribution in [0.4, 0.5) is 10.6 Å². The van der Waals surface area contributed by atoms with E-state index in [0.717, 1.165) is 16.7 Å². The highest BCUT2D eigenvalue weighted by Gasteiger charge is 2.36. The van der Waals surface area contributed by atoms with Gasteiger partial charge in [-0.25, -0.2) is 14.5 Å². The van der Waals surface area contributed by atoms with Crippen LogP contribution in [0.15, 0.2) is 24.5 Å². The summed E-state index contributed by atoms with van der Waals surface area (Å²) in [5.74, 6) is 1.55. The molecular formula is C19H27N4O5P. The Hall–Kier alpha value is -2.22. The van der Waals surface area contributed by atoms with Gasteiger partial charge in [0, 0.05) is 24.5 Å². The standard InChI is InChI=1S/C19H27N4O5P/c1-4-27-29(25,28-5-2)19(24)22-14-9-11-23(12-10-14)18-15-7-6-8-16(26-3)17(15)20-13-21-18/h6-8,13-14H,4-5,9-12H2,1-3H3,(H,22,24). The van der Waals surface area contributed by atoms with Gasteiger partial charge in [-0.1, -0.05) is 6.07 Å². The normalized spacial score (nSPS) is 15.5. The van der Waals surface area contributed by atoms with Gasteiger partial charge >= 0.3 is 13.2 Å². The first-order chi connectivity index (χ1) is 14.0. The van der Waals surface area contributed by atoms with Crippen LogP contribution in [0.2, 0.25) is 0 Å². The molecule has 0 saturated carbocycles. The quantitative estimate of drug-likeness (QED) is 0.644. The molecule has 0 atom stereocenters. The minimum absolute atomic E-state index is 0.101. The van der Waals surface area contributed by atoms with E-state index in [9.17, 15) is 9.36 Å². The smallest absolute Gasteiger partial charge is 0.418 e. The number of ether oxygens (including phenoxy) is 1. The highest BCUT2D eigenvalue weighted by molar-refractivity contribution is 7.71. The predicted octanol–water partition coefficient (Wildman–Crippen LogP) is 3.58. The van der Waals surface area contributed by atoms with Crippen molar-refractivity contribution in [2.45, 2.75) is 32.7 Å². The van der Waals surface area contributed by atoms with Crippen molar-refractivity contribution < 1.29 is 23.1 Å². The maximum Gasteiger partial charge on any atom is 0.418 e. The number of rotatable bonds is 8. The summed E-state index contributed by atoms with van der Waals surface area (Å²) in [5, 5.41) is 3.75.